The smallest absolute Gasteiger partial charge is 0.143 e. The Morgan fingerprint density at radius 1 is 0.514 bits per heavy atom. The van der Waals surface area contributed by atoms with Crippen LogP contribution >= 0.6 is 11.3 Å². The monoisotopic (exact) mass is 923 g/mol. The van der Waals surface area contributed by atoms with Gasteiger partial charge in [0, 0.05) is 64.6 Å². The molecule has 9 aromatic carbocycles. The summed E-state index contributed by atoms with van der Waals surface area (Å²) in [6, 6.07) is 69.8. The lowest BCUT2D eigenvalue weighted by Gasteiger charge is -2.34. The molecule has 11 aromatic rings. The second-order valence-corrected chi connectivity index (χ2v) is 22.4. The topological polar surface area (TPSA) is 16.4 Å². The van der Waals surface area contributed by atoms with Crippen molar-refractivity contribution in [3.8, 4) is 33.4 Å². The highest BCUT2D eigenvalue weighted by molar-refractivity contribution is 7.26. The standard InChI is InChI=1S/C67H57NOS/c1-42-35-36-52(55-28-16-20-43-19-15-26-49(63(43)55)45-38-46(66(2,3)4)41-47(39-45)67(5,6)7)60(37-42)68(48-22-14-21-44(40-48)50-27-17-29-56-53-24-9-12-33-61(53)69-64(50)56)59-32-11-8-23-51(59)57-30-18-31-58-54-25-10-13-34-62(54)70-65(57)58/h8-34,36-42H,35H2,1-7H3. The summed E-state index contributed by atoms with van der Waals surface area (Å²) < 4.78 is 9.28. The Labute approximate surface area is 415 Å². The molecule has 0 radical (unpaired) electrons. The van der Waals surface area contributed by atoms with Crippen LogP contribution in [-0.4, -0.2) is 0 Å². The minimum atomic E-state index is -0.0140. The molecule has 0 spiro atoms. The third-order valence-electron chi connectivity index (χ3n) is 14.5. The average molecular weight is 924 g/mol. The molecule has 1 aliphatic carbocycles. The molecule has 2 heterocycles. The SMILES string of the molecule is CC1C=C(N(c2cccc(-c3cccc4c3oc3ccccc34)c2)c2ccccc2-c2cccc3c2sc2ccccc23)C(c2cccc3cccc(-c4cc(C(C)(C)C)cc(C(C)(C)C)c4)c23)=CC1. The van der Waals surface area contributed by atoms with Gasteiger partial charge in [0.2, 0.25) is 0 Å². The molecular weight excluding hydrogens is 867 g/mol. The summed E-state index contributed by atoms with van der Waals surface area (Å²) in [5, 5.41) is 7.36. The van der Waals surface area contributed by atoms with E-state index in [4.69, 9.17) is 4.42 Å². The van der Waals surface area contributed by atoms with Crippen molar-refractivity contribution in [1.29, 1.82) is 0 Å². The molecule has 0 saturated heterocycles. The summed E-state index contributed by atoms with van der Waals surface area (Å²) in [6.45, 7) is 16.3. The van der Waals surface area contributed by atoms with E-state index in [-0.39, 0.29) is 10.8 Å². The van der Waals surface area contributed by atoms with E-state index in [0.29, 0.717) is 5.92 Å². The Balaban J connectivity index is 1.11. The van der Waals surface area contributed by atoms with Gasteiger partial charge in [-0.3, -0.25) is 0 Å². The number of fused-ring (bicyclic) bond motifs is 7. The second kappa shape index (κ2) is 16.9. The van der Waals surface area contributed by atoms with Crippen molar-refractivity contribution in [2.75, 3.05) is 4.90 Å². The molecule has 0 saturated carbocycles. The Morgan fingerprint density at radius 2 is 1.13 bits per heavy atom. The Kier molecular flexibility index (Phi) is 10.6. The summed E-state index contributed by atoms with van der Waals surface area (Å²) in [4.78, 5) is 2.56. The maximum absolute atomic E-state index is 6.68. The van der Waals surface area contributed by atoms with Crippen LogP contribution in [0.2, 0.25) is 0 Å². The number of rotatable bonds is 7. The molecule has 1 unspecified atom stereocenters. The van der Waals surface area contributed by atoms with E-state index in [1.165, 1.54) is 81.2 Å². The van der Waals surface area contributed by atoms with Crippen LogP contribution in [0.3, 0.4) is 0 Å². The summed E-state index contributed by atoms with van der Waals surface area (Å²) in [7, 11) is 0. The molecule has 1 aliphatic rings. The van der Waals surface area contributed by atoms with Gasteiger partial charge in [-0.1, -0.05) is 218 Å². The largest absolute Gasteiger partial charge is 0.455 e. The fraction of sp³-hybridized carbons (Fsp3) is 0.164. The van der Waals surface area contributed by atoms with Gasteiger partial charge in [0.1, 0.15) is 11.2 Å². The van der Waals surface area contributed by atoms with Gasteiger partial charge in [0.25, 0.3) is 0 Å². The van der Waals surface area contributed by atoms with E-state index in [9.17, 15) is 0 Å². The van der Waals surface area contributed by atoms with E-state index in [1.807, 2.05) is 11.3 Å². The predicted molar refractivity (Wildman–Crippen MR) is 303 cm³/mol. The van der Waals surface area contributed by atoms with Crippen molar-refractivity contribution in [3.63, 3.8) is 0 Å². The highest BCUT2D eigenvalue weighted by Gasteiger charge is 2.29. The van der Waals surface area contributed by atoms with Crippen molar-refractivity contribution in [2.24, 2.45) is 5.92 Å². The Hall–Kier alpha value is -7.46. The number of benzene rings is 9. The lowest BCUT2D eigenvalue weighted by Crippen LogP contribution is -2.21. The van der Waals surface area contributed by atoms with Crippen molar-refractivity contribution in [2.45, 2.75) is 65.7 Å². The van der Waals surface area contributed by atoms with Crippen LogP contribution < -0.4 is 4.90 Å². The number of allylic oxidation sites excluding steroid dienone is 3. The zero-order valence-electron chi connectivity index (χ0n) is 41.1. The molecule has 3 heteroatoms. The molecular formula is C67H57NOS. The quantitative estimate of drug-likeness (QED) is 0.158. The van der Waals surface area contributed by atoms with Crippen LogP contribution in [0.1, 0.15) is 71.6 Å². The number of furan rings is 1. The normalized spacial score (nSPS) is 14.5. The molecule has 0 N–H and O–H groups in total. The van der Waals surface area contributed by atoms with Crippen LogP contribution in [0, 0.1) is 5.92 Å². The van der Waals surface area contributed by atoms with Gasteiger partial charge >= 0.3 is 0 Å². The Bertz CT molecular complexity index is 3880. The van der Waals surface area contributed by atoms with E-state index in [2.05, 4.69) is 254 Å². The van der Waals surface area contributed by atoms with Gasteiger partial charge in [-0.2, -0.15) is 0 Å². The molecule has 342 valence electrons. The van der Waals surface area contributed by atoms with Crippen LogP contribution in [0.4, 0.5) is 11.4 Å². The zero-order chi connectivity index (χ0) is 47.9. The molecule has 0 aliphatic heterocycles. The highest BCUT2D eigenvalue weighted by atomic mass is 32.1. The first kappa shape index (κ1) is 43.8. The minimum absolute atomic E-state index is 0.0140. The molecule has 1 atom stereocenters. The first-order valence-electron chi connectivity index (χ1n) is 24.8. The maximum atomic E-state index is 6.68. The number of hydrogen-bond donors (Lipinski definition) is 0. The van der Waals surface area contributed by atoms with Gasteiger partial charge in [0.15, 0.2) is 0 Å². The molecule has 70 heavy (non-hydrogen) atoms. The summed E-state index contributed by atoms with van der Waals surface area (Å²) >= 11 is 1.89. The molecule has 0 bridgehead atoms. The zero-order valence-corrected chi connectivity index (χ0v) is 41.9. The van der Waals surface area contributed by atoms with Crippen molar-refractivity contribution in [3.05, 3.63) is 223 Å². The van der Waals surface area contributed by atoms with Crippen LogP contribution in [0.5, 0.6) is 0 Å². The van der Waals surface area contributed by atoms with Gasteiger partial charge in [-0.15, -0.1) is 11.3 Å². The molecule has 12 rings (SSSR count). The number of anilines is 2. The molecule has 2 nitrogen and oxygen atoms in total. The van der Waals surface area contributed by atoms with Crippen LogP contribution in [0.15, 0.2) is 210 Å². The summed E-state index contributed by atoms with van der Waals surface area (Å²) in [5.74, 6) is 0.305. The second-order valence-electron chi connectivity index (χ2n) is 21.4. The average Bonchev–Trinajstić information content (AvgIpc) is 3.95. The van der Waals surface area contributed by atoms with Crippen LogP contribution in [-0.2, 0) is 10.8 Å². The third-order valence-corrected chi connectivity index (χ3v) is 15.7. The predicted octanol–water partition coefficient (Wildman–Crippen LogP) is 19.8. The number of para-hydroxylation sites is 3. The van der Waals surface area contributed by atoms with E-state index in [0.717, 1.165) is 50.9 Å². The van der Waals surface area contributed by atoms with Gasteiger partial charge in [-0.05, 0) is 97.7 Å². The number of hydrogen-bond acceptors (Lipinski definition) is 3. The fourth-order valence-corrected chi connectivity index (χ4v) is 12.0. The molecule has 2 aromatic heterocycles. The maximum Gasteiger partial charge on any atom is 0.143 e. The Morgan fingerprint density at radius 3 is 1.91 bits per heavy atom. The molecule has 0 amide bonds. The van der Waals surface area contributed by atoms with Crippen LogP contribution in [0.25, 0.3) is 91.8 Å². The van der Waals surface area contributed by atoms with E-state index >= 15 is 0 Å². The van der Waals surface area contributed by atoms with Crippen molar-refractivity contribution < 1.29 is 4.42 Å². The van der Waals surface area contributed by atoms with Crippen molar-refractivity contribution >= 4 is 81.2 Å². The highest BCUT2D eigenvalue weighted by Crippen LogP contribution is 2.50. The number of thiophene rings is 1. The first-order valence-corrected chi connectivity index (χ1v) is 25.6. The lowest BCUT2D eigenvalue weighted by atomic mass is 9.78. The summed E-state index contributed by atoms with van der Waals surface area (Å²) in [6.07, 6.45) is 5.98. The van der Waals surface area contributed by atoms with Gasteiger partial charge < -0.3 is 9.32 Å². The summed E-state index contributed by atoms with van der Waals surface area (Å²) in [5.41, 5.74) is 17.5. The lowest BCUT2D eigenvalue weighted by molar-refractivity contribution is 0.569. The first-order chi connectivity index (χ1) is 33.9. The van der Waals surface area contributed by atoms with E-state index < -0.39 is 0 Å². The third kappa shape index (κ3) is 7.56. The molecule has 0 fully saturated rings. The number of nitrogens with zero attached hydrogens (tertiary/aromatic N) is 1. The van der Waals surface area contributed by atoms with E-state index in [1.54, 1.807) is 0 Å². The fourth-order valence-electron chi connectivity index (χ4n) is 10.8. The minimum Gasteiger partial charge on any atom is -0.455 e. The van der Waals surface area contributed by atoms with Gasteiger partial charge in [-0.25, -0.2) is 0 Å². The van der Waals surface area contributed by atoms with Gasteiger partial charge in [0.05, 0.1) is 5.69 Å². The van der Waals surface area contributed by atoms with Crippen molar-refractivity contribution in [1.82, 2.24) is 0 Å².